The molecular weight excluding hydrogens is 574 g/mol. The summed E-state index contributed by atoms with van der Waals surface area (Å²) < 4.78 is 0. The molecule has 20 nitrogen and oxygen atoms in total. The fourth-order valence-electron chi connectivity index (χ4n) is 3.51. The molecule has 0 unspecified atom stereocenters. The van der Waals surface area contributed by atoms with Gasteiger partial charge in [0.1, 0.15) is 24.2 Å². The van der Waals surface area contributed by atoms with E-state index in [0.29, 0.717) is 0 Å². The Morgan fingerprint density at radius 1 is 0.698 bits per heavy atom. The second kappa shape index (κ2) is 20.2. The molecule has 0 saturated carbocycles. The molecule has 0 spiro atoms. The van der Waals surface area contributed by atoms with Crippen molar-refractivity contribution in [1.29, 1.82) is 0 Å². The van der Waals surface area contributed by atoms with Crippen molar-refractivity contribution in [2.24, 2.45) is 38.7 Å². The lowest BCUT2D eigenvalue weighted by Crippen LogP contribution is -2.59. The van der Waals surface area contributed by atoms with Crippen molar-refractivity contribution < 1.29 is 44.1 Å². The van der Waals surface area contributed by atoms with Gasteiger partial charge in [0.05, 0.1) is 12.6 Å². The Balaban J connectivity index is 6.03. The van der Waals surface area contributed by atoms with Crippen molar-refractivity contribution in [3.8, 4) is 0 Å². The number of aliphatic hydroxyl groups excluding tert-OH is 1. The van der Waals surface area contributed by atoms with Crippen molar-refractivity contribution in [1.82, 2.24) is 21.3 Å². The Labute approximate surface area is 247 Å². The summed E-state index contributed by atoms with van der Waals surface area (Å²) >= 11 is 0. The van der Waals surface area contributed by atoms with Crippen LogP contribution in [-0.2, 0) is 28.8 Å². The molecule has 43 heavy (non-hydrogen) atoms. The van der Waals surface area contributed by atoms with Crippen LogP contribution in [0.3, 0.4) is 0 Å². The van der Waals surface area contributed by atoms with E-state index in [0.717, 1.165) is 0 Å². The van der Waals surface area contributed by atoms with Crippen LogP contribution in [0.4, 0.5) is 0 Å². The highest BCUT2D eigenvalue weighted by atomic mass is 16.4. The minimum Gasteiger partial charge on any atom is -0.481 e. The average molecular weight is 618 g/mol. The van der Waals surface area contributed by atoms with Gasteiger partial charge in [-0.25, -0.2) is 4.79 Å². The number of carbonyl (C=O) groups excluding carboxylic acids is 4. The number of carboxylic acids is 2. The highest BCUT2D eigenvalue weighted by Gasteiger charge is 2.32. The molecule has 0 aromatic heterocycles. The number of guanidine groups is 2. The van der Waals surface area contributed by atoms with Crippen molar-refractivity contribution in [2.45, 2.75) is 75.7 Å². The number of rotatable bonds is 21. The number of aliphatic hydroxyl groups is 1. The topological polar surface area (TPSA) is 366 Å². The van der Waals surface area contributed by atoms with E-state index < -0.39 is 85.2 Å². The van der Waals surface area contributed by atoms with Crippen LogP contribution < -0.4 is 49.9 Å². The standard InChI is InChI=1S/C23H43N11O9/c1-11(35)17(34-15(36)10-24)20(41)32-13(5-3-9-30-23(27)28)18(39)31-12(4-2-8-29-22(25)26)19(40)33-14(21(42)43)6-7-16(37)38/h11-14,17,35H,2-10,24H2,1H3,(H,31,39)(H,32,41)(H,33,40)(H,34,36)(H,37,38)(H,42,43)(H4,25,26,29)(H4,27,28,30)/t11-,12+,13+,14+,17+/m1/s1. The van der Waals surface area contributed by atoms with Gasteiger partial charge in [-0.2, -0.15) is 0 Å². The molecule has 17 N–H and O–H groups in total. The molecule has 0 aliphatic heterocycles. The zero-order chi connectivity index (χ0) is 33.1. The molecule has 0 bridgehead atoms. The average Bonchev–Trinajstić information content (AvgIpc) is 2.91. The van der Waals surface area contributed by atoms with E-state index in [1.54, 1.807) is 0 Å². The predicted octanol–water partition coefficient (Wildman–Crippen LogP) is -5.68. The maximum atomic E-state index is 13.3. The summed E-state index contributed by atoms with van der Waals surface area (Å²) in [6, 6.07) is -5.76. The van der Waals surface area contributed by atoms with Crippen LogP contribution in [-0.4, -0.2) is 113 Å². The molecule has 0 rings (SSSR count). The fraction of sp³-hybridized carbons (Fsp3) is 0.652. The molecule has 0 aromatic carbocycles. The zero-order valence-corrected chi connectivity index (χ0v) is 23.8. The molecule has 4 amide bonds. The van der Waals surface area contributed by atoms with Crippen molar-refractivity contribution in [3.63, 3.8) is 0 Å². The number of aliphatic carboxylic acids is 2. The highest BCUT2D eigenvalue weighted by molar-refractivity contribution is 5.95. The van der Waals surface area contributed by atoms with Crippen LogP contribution in [0.5, 0.6) is 0 Å². The van der Waals surface area contributed by atoms with E-state index in [2.05, 4.69) is 31.3 Å². The number of nitrogens with two attached hydrogens (primary N) is 5. The number of hydrogen-bond donors (Lipinski definition) is 12. The summed E-state index contributed by atoms with van der Waals surface area (Å²) in [5.74, 6) is -6.71. The summed E-state index contributed by atoms with van der Waals surface area (Å²) in [4.78, 5) is 81.2. The van der Waals surface area contributed by atoms with Crippen LogP contribution in [0, 0.1) is 0 Å². The SMILES string of the molecule is C[C@@H](O)[C@H](NC(=O)CN)C(=O)N[C@@H](CCCN=C(N)N)C(=O)N[C@@H](CCCN=C(N)N)C(=O)N[C@@H](CCC(=O)O)C(=O)O. The molecule has 0 heterocycles. The highest BCUT2D eigenvalue weighted by Crippen LogP contribution is 2.07. The zero-order valence-electron chi connectivity index (χ0n) is 23.8. The lowest BCUT2D eigenvalue weighted by molar-refractivity contribution is -0.143. The van der Waals surface area contributed by atoms with Crippen LogP contribution in [0.15, 0.2) is 9.98 Å². The quantitative estimate of drug-likeness (QED) is 0.0324. The molecule has 0 aromatic rings. The monoisotopic (exact) mass is 617 g/mol. The first kappa shape index (κ1) is 38.3. The van der Waals surface area contributed by atoms with Crippen molar-refractivity contribution >= 4 is 47.5 Å². The number of aliphatic imine (C=N–C) groups is 2. The Hall–Kier alpha value is -4.72. The maximum absolute atomic E-state index is 13.3. The third-order valence-corrected chi connectivity index (χ3v) is 5.68. The summed E-state index contributed by atoms with van der Waals surface area (Å²) in [5.41, 5.74) is 26.5. The van der Waals surface area contributed by atoms with Gasteiger partial charge in [0.15, 0.2) is 11.9 Å². The predicted molar refractivity (Wildman–Crippen MR) is 153 cm³/mol. The van der Waals surface area contributed by atoms with E-state index in [1.165, 1.54) is 6.92 Å². The summed E-state index contributed by atoms with van der Waals surface area (Å²) in [6.45, 7) is 0.880. The van der Waals surface area contributed by atoms with Crippen LogP contribution in [0.25, 0.3) is 0 Å². The first-order chi connectivity index (χ1) is 20.1. The maximum Gasteiger partial charge on any atom is 0.326 e. The lowest BCUT2D eigenvalue weighted by Gasteiger charge is -2.26. The molecular formula is C23H43N11O9. The van der Waals surface area contributed by atoms with Crippen molar-refractivity contribution in [2.75, 3.05) is 19.6 Å². The third-order valence-electron chi connectivity index (χ3n) is 5.68. The molecule has 0 fully saturated rings. The Morgan fingerprint density at radius 3 is 1.51 bits per heavy atom. The summed E-state index contributed by atoms with van der Waals surface area (Å²) in [7, 11) is 0. The number of carboxylic acid groups (broad SMARTS) is 2. The molecule has 0 radical (unpaired) electrons. The van der Waals surface area contributed by atoms with Gasteiger partial charge in [0, 0.05) is 19.5 Å². The number of carbonyl (C=O) groups is 6. The van der Waals surface area contributed by atoms with Gasteiger partial charge >= 0.3 is 11.9 Å². The van der Waals surface area contributed by atoms with E-state index in [-0.39, 0.29) is 50.7 Å². The normalized spacial score (nSPS) is 14.0. The van der Waals surface area contributed by atoms with Gasteiger partial charge in [-0.3, -0.25) is 34.0 Å². The Bertz CT molecular complexity index is 1030. The Kier molecular flexibility index (Phi) is 18.0. The van der Waals surface area contributed by atoms with E-state index in [4.69, 9.17) is 33.8 Å². The van der Waals surface area contributed by atoms with Crippen LogP contribution in [0.2, 0.25) is 0 Å². The van der Waals surface area contributed by atoms with Gasteiger partial charge in [-0.15, -0.1) is 0 Å². The number of amides is 4. The van der Waals surface area contributed by atoms with Crippen LogP contribution >= 0.6 is 0 Å². The summed E-state index contributed by atoms with van der Waals surface area (Å²) in [6.07, 6.45) is -2.18. The minimum absolute atomic E-state index is 0.0545. The Morgan fingerprint density at radius 2 is 1.14 bits per heavy atom. The lowest BCUT2D eigenvalue weighted by atomic mass is 10.0. The van der Waals surface area contributed by atoms with E-state index >= 15 is 0 Å². The van der Waals surface area contributed by atoms with Gasteiger partial charge in [0.2, 0.25) is 23.6 Å². The fourth-order valence-corrected chi connectivity index (χ4v) is 3.51. The molecule has 5 atom stereocenters. The first-order valence-corrected chi connectivity index (χ1v) is 13.2. The molecule has 0 aliphatic carbocycles. The molecule has 244 valence electrons. The molecule has 20 heteroatoms. The number of nitrogens with zero attached hydrogens (tertiary/aromatic N) is 2. The first-order valence-electron chi connectivity index (χ1n) is 13.2. The summed E-state index contributed by atoms with van der Waals surface area (Å²) in [5, 5.41) is 37.6. The van der Waals surface area contributed by atoms with Crippen molar-refractivity contribution in [3.05, 3.63) is 0 Å². The molecule has 0 aliphatic rings. The number of hydrogen-bond acceptors (Lipinski definition) is 10. The van der Waals surface area contributed by atoms with Gasteiger partial charge in [-0.05, 0) is 39.0 Å². The van der Waals surface area contributed by atoms with Crippen LogP contribution in [0.1, 0.15) is 45.4 Å². The van der Waals surface area contributed by atoms with Gasteiger partial charge in [-0.1, -0.05) is 0 Å². The minimum atomic E-state index is -1.58. The second-order valence-corrected chi connectivity index (χ2v) is 9.34. The number of nitrogens with one attached hydrogen (secondary N) is 4. The second-order valence-electron chi connectivity index (χ2n) is 9.34. The third kappa shape index (κ3) is 17.0. The molecule has 0 saturated heterocycles. The van der Waals surface area contributed by atoms with E-state index in [9.17, 15) is 39.0 Å². The largest absolute Gasteiger partial charge is 0.481 e. The van der Waals surface area contributed by atoms with Gasteiger partial charge < -0.3 is 65.3 Å². The van der Waals surface area contributed by atoms with Gasteiger partial charge in [0.25, 0.3) is 0 Å². The smallest absolute Gasteiger partial charge is 0.326 e. The van der Waals surface area contributed by atoms with E-state index in [1.807, 2.05) is 0 Å².